The van der Waals surface area contributed by atoms with Crippen molar-refractivity contribution in [2.75, 3.05) is 26.4 Å². The summed E-state index contributed by atoms with van der Waals surface area (Å²) in [5, 5.41) is 15.0. The highest BCUT2D eigenvalue weighted by atomic mass is 32.1. The van der Waals surface area contributed by atoms with Gasteiger partial charge in [-0.05, 0) is 19.9 Å². The first kappa shape index (κ1) is 12.6. The van der Waals surface area contributed by atoms with Crippen molar-refractivity contribution in [2.45, 2.75) is 19.4 Å². The minimum absolute atomic E-state index is 0.100. The van der Waals surface area contributed by atoms with Crippen molar-refractivity contribution in [3.8, 4) is 0 Å². The molecule has 1 aromatic rings. The van der Waals surface area contributed by atoms with Crippen LogP contribution in [0.25, 0.3) is 0 Å². The van der Waals surface area contributed by atoms with Gasteiger partial charge in [0.1, 0.15) is 5.01 Å². The normalized spacial score (nSPS) is 12.9. The quantitative estimate of drug-likeness (QED) is 0.659. The maximum atomic E-state index is 8.49. The number of ether oxygens (including phenoxy) is 1. The topological polar surface area (TPSA) is 54.4 Å². The van der Waals surface area contributed by atoms with E-state index in [1.54, 1.807) is 11.3 Å². The Morgan fingerprint density at radius 3 is 3.13 bits per heavy atom. The van der Waals surface area contributed by atoms with E-state index in [0.717, 1.165) is 18.0 Å². The van der Waals surface area contributed by atoms with E-state index in [0.29, 0.717) is 19.3 Å². The SMILES string of the molecule is CC(NCCCOCCO)c1nccs1. The lowest BCUT2D eigenvalue weighted by Crippen LogP contribution is -2.21. The van der Waals surface area contributed by atoms with Gasteiger partial charge in [0.25, 0.3) is 0 Å². The molecule has 1 rings (SSSR count). The van der Waals surface area contributed by atoms with Gasteiger partial charge in [0.15, 0.2) is 0 Å². The standard InChI is InChI=1S/C10H18N2O2S/c1-9(10-12-4-8-15-10)11-3-2-6-14-7-5-13/h4,8-9,11,13H,2-3,5-7H2,1H3. The summed E-state index contributed by atoms with van der Waals surface area (Å²) in [6.07, 6.45) is 2.78. The Bertz CT molecular complexity index is 242. The van der Waals surface area contributed by atoms with Crippen LogP contribution in [0.15, 0.2) is 11.6 Å². The Labute approximate surface area is 94.3 Å². The summed E-state index contributed by atoms with van der Waals surface area (Å²) in [5.74, 6) is 0. The maximum Gasteiger partial charge on any atom is 0.109 e. The van der Waals surface area contributed by atoms with Crippen molar-refractivity contribution < 1.29 is 9.84 Å². The Hall–Kier alpha value is -0.490. The van der Waals surface area contributed by atoms with Gasteiger partial charge in [-0.2, -0.15) is 0 Å². The number of nitrogens with one attached hydrogen (secondary N) is 1. The van der Waals surface area contributed by atoms with Crippen LogP contribution in [-0.2, 0) is 4.74 Å². The molecule has 0 amide bonds. The molecule has 0 bridgehead atoms. The molecular formula is C10H18N2O2S. The molecule has 1 heterocycles. The molecular weight excluding hydrogens is 212 g/mol. The smallest absolute Gasteiger partial charge is 0.109 e. The molecule has 4 nitrogen and oxygen atoms in total. The van der Waals surface area contributed by atoms with E-state index < -0.39 is 0 Å². The lowest BCUT2D eigenvalue weighted by molar-refractivity contribution is 0.0904. The second-order valence-electron chi connectivity index (χ2n) is 3.24. The zero-order valence-corrected chi connectivity index (χ0v) is 9.80. The van der Waals surface area contributed by atoms with Gasteiger partial charge in [0.05, 0.1) is 19.3 Å². The molecule has 0 spiro atoms. The average molecular weight is 230 g/mol. The van der Waals surface area contributed by atoms with Crippen molar-refractivity contribution >= 4 is 11.3 Å². The molecule has 5 heteroatoms. The number of nitrogens with zero attached hydrogens (tertiary/aromatic N) is 1. The fourth-order valence-electron chi connectivity index (χ4n) is 1.20. The van der Waals surface area contributed by atoms with E-state index in [4.69, 9.17) is 9.84 Å². The van der Waals surface area contributed by atoms with E-state index in [1.165, 1.54) is 0 Å². The van der Waals surface area contributed by atoms with Crippen LogP contribution in [0.2, 0.25) is 0 Å². The number of rotatable bonds is 8. The number of aromatic nitrogens is 1. The highest BCUT2D eigenvalue weighted by Crippen LogP contribution is 2.14. The Balaban J connectivity index is 2.00. The van der Waals surface area contributed by atoms with Crippen LogP contribution in [0.3, 0.4) is 0 Å². The van der Waals surface area contributed by atoms with Crippen LogP contribution >= 0.6 is 11.3 Å². The van der Waals surface area contributed by atoms with Crippen LogP contribution in [0.4, 0.5) is 0 Å². The predicted octanol–water partition coefficient (Wildman–Crippen LogP) is 1.19. The number of aliphatic hydroxyl groups is 1. The highest BCUT2D eigenvalue weighted by Gasteiger charge is 2.05. The van der Waals surface area contributed by atoms with Gasteiger partial charge in [-0.3, -0.25) is 0 Å². The van der Waals surface area contributed by atoms with Crippen LogP contribution in [0.1, 0.15) is 24.4 Å². The summed E-state index contributed by atoms with van der Waals surface area (Å²) >= 11 is 1.67. The molecule has 86 valence electrons. The van der Waals surface area contributed by atoms with Crippen molar-refractivity contribution in [2.24, 2.45) is 0 Å². The van der Waals surface area contributed by atoms with E-state index in [1.807, 2.05) is 11.6 Å². The summed E-state index contributed by atoms with van der Waals surface area (Å²) in [6.45, 7) is 4.24. The second kappa shape index (κ2) is 7.76. The molecule has 0 aliphatic carbocycles. The molecule has 15 heavy (non-hydrogen) atoms. The summed E-state index contributed by atoms with van der Waals surface area (Å²) in [4.78, 5) is 4.24. The van der Waals surface area contributed by atoms with Gasteiger partial charge < -0.3 is 15.2 Å². The first-order chi connectivity index (χ1) is 7.34. The molecule has 0 aliphatic rings. The zero-order valence-electron chi connectivity index (χ0n) is 8.98. The third kappa shape index (κ3) is 5.22. The molecule has 1 unspecified atom stereocenters. The number of thiazole rings is 1. The number of aliphatic hydroxyl groups excluding tert-OH is 1. The van der Waals surface area contributed by atoms with Crippen LogP contribution < -0.4 is 5.32 Å². The second-order valence-corrected chi connectivity index (χ2v) is 4.16. The van der Waals surface area contributed by atoms with Gasteiger partial charge in [0, 0.05) is 18.2 Å². The van der Waals surface area contributed by atoms with Crippen LogP contribution in [0.5, 0.6) is 0 Å². The number of hydrogen-bond acceptors (Lipinski definition) is 5. The van der Waals surface area contributed by atoms with Crippen LogP contribution in [-0.4, -0.2) is 36.5 Å². The minimum atomic E-state index is 0.100. The van der Waals surface area contributed by atoms with E-state index in [9.17, 15) is 0 Å². The molecule has 0 radical (unpaired) electrons. The Kier molecular flexibility index (Phi) is 6.50. The van der Waals surface area contributed by atoms with Gasteiger partial charge in [-0.15, -0.1) is 11.3 Å². The fraction of sp³-hybridized carbons (Fsp3) is 0.700. The van der Waals surface area contributed by atoms with E-state index in [-0.39, 0.29) is 6.61 Å². The third-order valence-corrected chi connectivity index (χ3v) is 2.93. The van der Waals surface area contributed by atoms with Crippen molar-refractivity contribution in [1.29, 1.82) is 0 Å². The van der Waals surface area contributed by atoms with Gasteiger partial charge in [-0.1, -0.05) is 0 Å². The summed E-state index contributed by atoms with van der Waals surface area (Å²) < 4.78 is 5.15. The summed E-state index contributed by atoms with van der Waals surface area (Å²) in [5.41, 5.74) is 0. The number of hydrogen-bond donors (Lipinski definition) is 2. The summed E-state index contributed by atoms with van der Waals surface area (Å²) in [6, 6.07) is 0.308. The van der Waals surface area contributed by atoms with E-state index in [2.05, 4.69) is 17.2 Å². The molecule has 0 saturated heterocycles. The minimum Gasteiger partial charge on any atom is -0.394 e. The summed E-state index contributed by atoms with van der Waals surface area (Å²) in [7, 11) is 0. The van der Waals surface area contributed by atoms with Gasteiger partial charge in [-0.25, -0.2) is 4.98 Å². The van der Waals surface area contributed by atoms with Crippen LogP contribution in [0, 0.1) is 0 Å². The third-order valence-electron chi connectivity index (χ3n) is 1.97. The molecule has 0 aliphatic heterocycles. The monoisotopic (exact) mass is 230 g/mol. The molecule has 2 N–H and O–H groups in total. The first-order valence-electron chi connectivity index (χ1n) is 5.16. The predicted molar refractivity (Wildman–Crippen MR) is 61.1 cm³/mol. The van der Waals surface area contributed by atoms with Crippen molar-refractivity contribution in [3.63, 3.8) is 0 Å². The Morgan fingerprint density at radius 1 is 1.60 bits per heavy atom. The highest BCUT2D eigenvalue weighted by molar-refractivity contribution is 7.09. The molecule has 0 fully saturated rings. The fourth-order valence-corrected chi connectivity index (χ4v) is 1.87. The van der Waals surface area contributed by atoms with E-state index >= 15 is 0 Å². The van der Waals surface area contributed by atoms with Crippen molar-refractivity contribution in [1.82, 2.24) is 10.3 Å². The molecule has 0 saturated carbocycles. The van der Waals surface area contributed by atoms with Gasteiger partial charge >= 0.3 is 0 Å². The lowest BCUT2D eigenvalue weighted by Gasteiger charge is -2.10. The van der Waals surface area contributed by atoms with Gasteiger partial charge in [0.2, 0.25) is 0 Å². The lowest BCUT2D eigenvalue weighted by atomic mass is 10.3. The molecule has 1 aromatic heterocycles. The average Bonchev–Trinajstić information content (AvgIpc) is 2.76. The zero-order chi connectivity index (χ0) is 10.9. The first-order valence-corrected chi connectivity index (χ1v) is 6.04. The molecule has 1 atom stereocenters. The largest absolute Gasteiger partial charge is 0.394 e. The van der Waals surface area contributed by atoms with Crippen molar-refractivity contribution in [3.05, 3.63) is 16.6 Å². The molecule has 0 aromatic carbocycles. The Morgan fingerprint density at radius 2 is 2.47 bits per heavy atom. The maximum absolute atomic E-state index is 8.49.